The Morgan fingerprint density at radius 3 is 2.54 bits per heavy atom. The molecule has 2 fully saturated rings. The minimum Gasteiger partial charge on any atom is -0.477 e. The van der Waals surface area contributed by atoms with Crippen molar-refractivity contribution in [1.29, 1.82) is 0 Å². The van der Waals surface area contributed by atoms with Crippen LogP contribution in [0.25, 0.3) is 5.52 Å². The molecule has 6 heteroatoms. The Balaban J connectivity index is 2.07. The van der Waals surface area contributed by atoms with Gasteiger partial charge in [-0.2, -0.15) is 0 Å². The molecule has 0 radical (unpaired) electrons. The molecule has 0 amide bonds. The molecular weight excluding hydrogens is 311 g/mol. The van der Waals surface area contributed by atoms with E-state index in [4.69, 9.17) is 0 Å². The Bertz CT molecular complexity index is 909. The predicted molar refractivity (Wildman–Crippen MR) is 88.7 cm³/mol. The lowest BCUT2D eigenvalue weighted by atomic mass is 10.0. The summed E-state index contributed by atoms with van der Waals surface area (Å²) < 4.78 is 15.9. The Morgan fingerprint density at radius 2 is 1.96 bits per heavy atom. The fourth-order valence-electron chi connectivity index (χ4n) is 3.83. The van der Waals surface area contributed by atoms with E-state index in [1.54, 1.807) is 0 Å². The zero-order valence-electron chi connectivity index (χ0n) is 13.5. The summed E-state index contributed by atoms with van der Waals surface area (Å²) in [6.07, 6.45) is 5.18. The van der Waals surface area contributed by atoms with Crippen molar-refractivity contribution >= 4 is 17.2 Å². The van der Waals surface area contributed by atoms with Crippen molar-refractivity contribution in [3.8, 4) is 0 Å². The van der Waals surface area contributed by atoms with Crippen LogP contribution in [0.5, 0.6) is 0 Å². The third-order valence-electron chi connectivity index (χ3n) is 5.11. The number of aryl methyl sites for hydroxylation is 1. The number of fused-ring (bicyclic) bond motifs is 1. The lowest BCUT2D eigenvalue weighted by Crippen LogP contribution is -2.26. The first kappa shape index (κ1) is 15.2. The van der Waals surface area contributed by atoms with Crippen molar-refractivity contribution < 1.29 is 14.3 Å². The standard InChI is InChI=1S/C18H19FN2O3/c1-10-15-12(11-4-5-11)8-13(18(23)24)17(22)21(15)9-14(19)16(10)20-6-2-3-7-20/h8-9,11H,2-7H2,1H3,(H,23,24). The van der Waals surface area contributed by atoms with E-state index in [-0.39, 0.29) is 11.5 Å². The molecule has 2 aromatic rings. The first-order valence-corrected chi connectivity index (χ1v) is 8.35. The first-order chi connectivity index (χ1) is 11.5. The highest BCUT2D eigenvalue weighted by molar-refractivity contribution is 5.89. The molecule has 3 heterocycles. The average Bonchev–Trinajstić information content (AvgIpc) is 3.24. The number of anilines is 1. The molecule has 0 spiro atoms. The molecule has 1 aliphatic carbocycles. The van der Waals surface area contributed by atoms with Crippen LogP contribution in [0.1, 0.15) is 53.1 Å². The van der Waals surface area contributed by atoms with E-state index in [0.29, 0.717) is 11.2 Å². The average molecular weight is 330 g/mol. The van der Waals surface area contributed by atoms with Crippen LogP contribution in [0.2, 0.25) is 0 Å². The fraction of sp³-hybridized carbons (Fsp3) is 0.444. The Labute approximate surface area is 138 Å². The van der Waals surface area contributed by atoms with Gasteiger partial charge in [0.25, 0.3) is 5.56 Å². The van der Waals surface area contributed by atoms with Gasteiger partial charge in [0.15, 0.2) is 5.82 Å². The Kier molecular flexibility index (Phi) is 3.37. The number of carbonyl (C=O) groups is 1. The molecule has 2 aliphatic rings. The van der Waals surface area contributed by atoms with Crippen molar-refractivity contribution in [1.82, 2.24) is 4.40 Å². The molecule has 0 atom stereocenters. The maximum absolute atomic E-state index is 14.7. The zero-order valence-corrected chi connectivity index (χ0v) is 13.5. The summed E-state index contributed by atoms with van der Waals surface area (Å²) in [6.45, 7) is 3.45. The van der Waals surface area contributed by atoms with E-state index in [9.17, 15) is 19.1 Å². The van der Waals surface area contributed by atoms with E-state index in [0.717, 1.165) is 56.1 Å². The number of hydrogen-bond donors (Lipinski definition) is 1. The molecule has 1 aliphatic heterocycles. The van der Waals surface area contributed by atoms with Gasteiger partial charge in [-0.25, -0.2) is 9.18 Å². The van der Waals surface area contributed by atoms with Crippen LogP contribution in [-0.4, -0.2) is 28.6 Å². The zero-order chi connectivity index (χ0) is 17.0. The van der Waals surface area contributed by atoms with Crippen molar-refractivity contribution in [3.63, 3.8) is 0 Å². The maximum Gasteiger partial charge on any atom is 0.341 e. The minimum absolute atomic E-state index is 0.259. The second-order valence-corrected chi connectivity index (χ2v) is 6.76. The molecule has 126 valence electrons. The van der Waals surface area contributed by atoms with Crippen molar-refractivity contribution in [2.75, 3.05) is 18.0 Å². The summed E-state index contributed by atoms with van der Waals surface area (Å²) in [4.78, 5) is 25.9. The largest absolute Gasteiger partial charge is 0.477 e. The van der Waals surface area contributed by atoms with Gasteiger partial charge in [-0.3, -0.25) is 9.20 Å². The molecule has 2 aromatic heterocycles. The summed E-state index contributed by atoms with van der Waals surface area (Å²) in [5.41, 5.74) is 1.85. The van der Waals surface area contributed by atoms with E-state index < -0.39 is 17.3 Å². The molecule has 0 bridgehead atoms. The highest BCUT2D eigenvalue weighted by atomic mass is 19.1. The molecule has 1 saturated heterocycles. The van der Waals surface area contributed by atoms with Crippen LogP contribution < -0.4 is 10.5 Å². The van der Waals surface area contributed by atoms with Gasteiger partial charge < -0.3 is 10.0 Å². The Morgan fingerprint density at radius 1 is 1.29 bits per heavy atom. The van der Waals surface area contributed by atoms with Gasteiger partial charge in [0.2, 0.25) is 0 Å². The molecule has 1 saturated carbocycles. The van der Waals surface area contributed by atoms with Gasteiger partial charge >= 0.3 is 5.97 Å². The quantitative estimate of drug-likeness (QED) is 0.940. The molecule has 1 N–H and O–H groups in total. The molecule has 5 nitrogen and oxygen atoms in total. The number of aromatic carboxylic acids is 1. The monoisotopic (exact) mass is 330 g/mol. The van der Waals surface area contributed by atoms with E-state index >= 15 is 0 Å². The number of carboxylic acids is 1. The second kappa shape index (κ2) is 5.33. The number of aromatic nitrogens is 1. The summed E-state index contributed by atoms with van der Waals surface area (Å²) in [5.74, 6) is -1.47. The topological polar surface area (TPSA) is 62.0 Å². The number of rotatable bonds is 3. The number of halogens is 1. The summed E-state index contributed by atoms with van der Waals surface area (Å²) in [7, 11) is 0. The van der Waals surface area contributed by atoms with Crippen LogP contribution in [0.3, 0.4) is 0 Å². The third kappa shape index (κ3) is 2.20. The minimum atomic E-state index is -1.27. The Hall–Kier alpha value is -2.37. The van der Waals surface area contributed by atoms with Gasteiger partial charge in [0.1, 0.15) is 5.56 Å². The first-order valence-electron chi connectivity index (χ1n) is 8.35. The second-order valence-electron chi connectivity index (χ2n) is 6.76. The molecule has 0 aromatic carbocycles. The van der Waals surface area contributed by atoms with E-state index in [1.165, 1.54) is 10.5 Å². The molecule has 4 rings (SSSR count). The number of carboxylic acid groups (broad SMARTS) is 1. The van der Waals surface area contributed by atoms with Crippen LogP contribution >= 0.6 is 0 Å². The van der Waals surface area contributed by atoms with Gasteiger partial charge in [-0.1, -0.05) is 0 Å². The van der Waals surface area contributed by atoms with Crippen molar-refractivity contribution in [2.45, 2.75) is 38.5 Å². The van der Waals surface area contributed by atoms with E-state index in [2.05, 4.69) is 0 Å². The maximum atomic E-state index is 14.7. The molecule has 24 heavy (non-hydrogen) atoms. The number of pyridine rings is 2. The number of hydrogen-bond acceptors (Lipinski definition) is 3. The highest BCUT2D eigenvalue weighted by Crippen LogP contribution is 2.44. The highest BCUT2D eigenvalue weighted by Gasteiger charge is 2.31. The van der Waals surface area contributed by atoms with Crippen LogP contribution in [0.4, 0.5) is 10.1 Å². The third-order valence-corrected chi connectivity index (χ3v) is 5.11. The van der Waals surface area contributed by atoms with Crippen LogP contribution in [0, 0.1) is 12.7 Å². The summed E-state index contributed by atoms with van der Waals surface area (Å²) in [5, 5.41) is 9.30. The SMILES string of the molecule is Cc1c(N2CCCC2)c(F)cn2c(=O)c(C(=O)O)cc(C3CC3)c12. The lowest BCUT2D eigenvalue weighted by molar-refractivity contribution is 0.0694. The summed E-state index contributed by atoms with van der Waals surface area (Å²) in [6, 6.07) is 1.50. The van der Waals surface area contributed by atoms with Gasteiger partial charge in [-0.15, -0.1) is 0 Å². The summed E-state index contributed by atoms with van der Waals surface area (Å²) >= 11 is 0. The smallest absolute Gasteiger partial charge is 0.341 e. The van der Waals surface area contributed by atoms with Crippen molar-refractivity contribution in [2.24, 2.45) is 0 Å². The fourth-order valence-corrected chi connectivity index (χ4v) is 3.83. The predicted octanol–water partition coefficient (Wildman–Crippen LogP) is 2.92. The number of nitrogens with zero attached hydrogens (tertiary/aromatic N) is 2. The van der Waals surface area contributed by atoms with Crippen LogP contribution in [0.15, 0.2) is 17.1 Å². The van der Waals surface area contributed by atoms with Gasteiger partial charge in [-0.05, 0) is 55.7 Å². The molecule has 0 unspecified atom stereocenters. The van der Waals surface area contributed by atoms with E-state index in [1.807, 2.05) is 11.8 Å². The van der Waals surface area contributed by atoms with Gasteiger partial charge in [0.05, 0.1) is 17.4 Å². The van der Waals surface area contributed by atoms with Crippen molar-refractivity contribution in [3.05, 3.63) is 45.1 Å². The lowest BCUT2D eigenvalue weighted by Gasteiger charge is -2.23. The molecular formula is C18H19FN2O3. The van der Waals surface area contributed by atoms with Crippen LogP contribution in [-0.2, 0) is 0 Å². The van der Waals surface area contributed by atoms with Gasteiger partial charge in [0, 0.05) is 13.1 Å². The normalized spacial score (nSPS) is 17.7.